The van der Waals surface area contributed by atoms with E-state index in [0.717, 1.165) is 22.4 Å². The molecule has 2 heterocycles. The van der Waals surface area contributed by atoms with Crippen LogP contribution in [0.2, 0.25) is 0 Å². The van der Waals surface area contributed by atoms with Crippen LogP contribution in [-0.2, 0) is 17.8 Å². The second-order valence-electron chi connectivity index (χ2n) is 6.10. The molecule has 0 bridgehead atoms. The van der Waals surface area contributed by atoms with Gasteiger partial charge in [0.2, 0.25) is 5.91 Å². The monoisotopic (exact) mass is 321 g/mol. The lowest BCUT2D eigenvalue weighted by atomic mass is 10.0. The third-order valence-electron chi connectivity index (χ3n) is 4.50. The van der Waals surface area contributed by atoms with Gasteiger partial charge in [0.1, 0.15) is 11.6 Å². The smallest absolute Gasteiger partial charge is 0.219 e. The minimum atomic E-state index is -0.00506. The van der Waals surface area contributed by atoms with Gasteiger partial charge in [-0.05, 0) is 31.4 Å². The van der Waals surface area contributed by atoms with Gasteiger partial charge in [-0.1, -0.05) is 18.2 Å². The second-order valence-corrected chi connectivity index (χ2v) is 6.10. The summed E-state index contributed by atoms with van der Waals surface area (Å²) in [7, 11) is 0. The van der Waals surface area contributed by atoms with Crippen molar-refractivity contribution in [3.05, 3.63) is 51.6 Å². The zero-order valence-corrected chi connectivity index (χ0v) is 14.1. The molecule has 0 radical (unpaired) electrons. The van der Waals surface area contributed by atoms with Gasteiger partial charge in [0.15, 0.2) is 5.49 Å². The minimum absolute atomic E-state index is 0.00506. The average molecular weight is 321 g/mol. The molecule has 1 N–H and O–H groups in total. The van der Waals surface area contributed by atoms with Crippen molar-refractivity contribution in [2.45, 2.75) is 33.7 Å². The van der Waals surface area contributed by atoms with Gasteiger partial charge in [-0.2, -0.15) is 10.4 Å². The van der Waals surface area contributed by atoms with E-state index in [1.54, 1.807) is 4.90 Å². The van der Waals surface area contributed by atoms with Gasteiger partial charge in [0.25, 0.3) is 0 Å². The van der Waals surface area contributed by atoms with Crippen LogP contribution in [0.25, 0.3) is 5.69 Å². The molecular weight excluding hydrogens is 302 g/mol. The van der Waals surface area contributed by atoms with Crippen molar-refractivity contribution >= 4 is 5.91 Å². The molecule has 0 spiro atoms. The van der Waals surface area contributed by atoms with E-state index in [2.05, 4.69) is 11.2 Å². The third kappa shape index (κ3) is 2.48. The molecular formula is C18H19N5O. The van der Waals surface area contributed by atoms with Crippen LogP contribution < -0.4 is 5.49 Å². The van der Waals surface area contributed by atoms with Gasteiger partial charge in [0, 0.05) is 19.0 Å². The van der Waals surface area contributed by atoms with Gasteiger partial charge >= 0.3 is 0 Å². The first-order valence-electron chi connectivity index (χ1n) is 7.86. The van der Waals surface area contributed by atoms with Crippen molar-refractivity contribution in [1.82, 2.24) is 14.7 Å². The SMILES string of the molecule is CC(=O)N1CCc2c(nn(-c3c(C)cccc3C)c(=N)c2C#N)C1. The topological polar surface area (TPSA) is 85.8 Å². The maximum absolute atomic E-state index is 11.7. The lowest BCUT2D eigenvalue weighted by molar-refractivity contribution is -0.129. The van der Waals surface area contributed by atoms with Gasteiger partial charge in [0.05, 0.1) is 17.9 Å². The van der Waals surface area contributed by atoms with E-state index in [9.17, 15) is 10.1 Å². The predicted octanol–water partition coefficient (Wildman–Crippen LogP) is 1.74. The van der Waals surface area contributed by atoms with E-state index >= 15 is 0 Å². The number of para-hydroxylation sites is 1. The molecule has 0 aliphatic carbocycles. The number of aromatic nitrogens is 2. The van der Waals surface area contributed by atoms with Crippen LogP contribution in [-0.4, -0.2) is 27.1 Å². The summed E-state index contributed by atoms with van der Waals surface area (Å²) in [6, 6.07) is 8.05. The summed E-state index contributed by atoms with van der Waals surface area (Å²) in [6.45, 7) is 6.40. The number of nitrogens with zero attached hydrogens (tertiary/aromatic N) is 4. The standard InChI is InChI=1S/C18H19N5O/c1-11-5-4-6-12(2)17(11)23-18(20)15(9-19)14-7-8-22(13(3)24)10-16(14)21-23/h4-6,20H,7-8,10H2,1-3H3. The quantitative estimate of drug-likeness (QED) is 0.868. The molecule has 0 unspecified atom stereocenters. The van der Waals surface area contributed by atoms with Crippen LogP contribution in [0.5, 0.6) is 0 Å². The van der Waals surface area contributed by atoms with Gasteiger partial charge in [-0.3, -0.25) is 10.2 Å². The number of nitriles is 1. The molecule has 0 saturated carbocycles. The lowest BCUT2D eigenvalue weighted by Gasteiger charge is -2.28. The van der Waals surface area contributed by atoms with E-state index in [0.29, 0.717) is 30.8 Å². The summed E-state index contributed by atoms with van der Waals surface area (Å²) in [6.07, 6.45) is 0.560. The Bertz CT molecular complexity index is 915. The summed E-state index contributed by atoms with van der Waals surface area (Å²) >= 11 is 0. The maximum Gasteiger partial charge on any atom is 0.219 e. The van der Waals surface area contributed by atoms with Crippen molar-refractivity contribution in [1.29, 1.82) is 10.7 Å². The molecule has 1 aliphatic heterocycles. The zero-order valence-electron chi connectivity index (χ0n) is 14.1. The fourth-order valence-corrected chi connectivity index (χ4v) is 3.22. The van der Waals surface area contributed by atoms with Crippen molar-refractivity contribution in [2.24, 2.45) is 0 Å². The molecule has 1 aromatic heterocycles. The highest BCUT2D eigenvalue weighted by molar-refractivity contribution is 5.73. The Balaban J connectivity index is 2.27. The Kier molecular flexibility index (Phi) is 3.94. The number of aryl methyl sites for hydroxylation is 2. The molecule has 24 heavy (non-hydrogen) atoms. The largest absolute Gasteiger partial charge is 0.337 e. The molecule has 2 aromatic rings. The normalized spacial score (nSPS) is 13.3. The molecule has 0 atom stereocenters. The highest BCUT2D eigenvalue weighted by Gasteiger charge is 2.25. The number of nitrogens with one attached hydrogen (secondary N) is 1. The molecule has 1 amide bonds. The lowest BCUT2D eigenvalue weighted by Crippen LogP contribution is -2.39. The summed E-state index contributed by atoms with van der Waals surface area (Å²) in [5.41, 5.74) is 4.75. The molecule has 3 rings (SSSR count). The van der Waals surface area contributed by atoms with Crippen molar-refractivity contribution in [3.8, 4) is 11.8 Å². The maximum atomic E-state index is 11.7. The van der Waals surface area contributed by atoms with Crippen molar-refractivity contribution < 1.29 is 4.79 Å². The molecule has 0 saturated heterocycles. The number of carbonyl (C=O) groups is 1. The van der Waals surface area contributed by atoms with Crippen LogP contribution >= 0.6 is 0 Å². The first-order valence-corrected chi connectivity index (χ1v) is 7.86. The number of hydrogen-bond donors (Lipinski definition) is 1. The van der Waals surface area contributed by atoms with E-state index < -0.39 is 0 Å². The van der Waals surface area contributed by atoms with Crippen molar-refractivity contribution in [3.63, 3.8) is 0 Å². The Morgan fingerprint density at radius 3 is 2.58 bits per heavy atom. The van der Waals surface area contributed by atoms with Crippen LogP contribution in [0.4, 0.5) is 0 Å². The van der Waals surface area contributed by atoms with Crippen LogP contribution in [0, 0.1) is 30.6 Å². The number of hydrogen-bond acceptors (Lipinski definition) is 4. The van der Waals surface area contributed by atoms with E-state index in [1.165, 1.54) is 11.6 Å². The number of amides is 1. The molecule has 1 aliphatic rings. The second kappa shape index (κ2) is 5.93. The zero-order chi connectivity index (χ0) is 17.4. The summed E-state index contributed by atoms with van der Waals surface area (Å²) < 4.78 is 1.53. The fraction of sp³-hybridized carbons (Fsp3) is 0.333. The number of fused-ring (bicyclic) bond motifs is 1. The molecule has 6 nitrogen and oxygen atoms in total. The Morgan fingerprint density at radius 1 is 1.33 bits per heavy atom. The van der Waals surface area contributed by atoms with Gasteiger partial charge in [-0.15, -0.1) is 0 Å². The highest BCUT2D eigenvalue weighted by atomic mass is 16.2. The van der Waals surface area contributed by atoms with Crippen LogP contribution in [0.15, 0.2) is 18.2 Å². The molecule has 1 aromatic carbocycles. The van der Waals surface area contributed by atoms with Gasteiger partial charge in [-0.25, -0.2) is 4.68 Å². The molecule has 122 valence electrons. The third-order valence-corrected chi connectivity index (χ3v) is 4.50. The predicted molar refractivity (Wildman–Crippen MR) is 88.4 cm³/mol. The molecule has 6 heteroatoms. The Morgan fingerprint density at radius 2 is 2.00 bits per heavy atom. The first-order chi connectivity index (χ1) is 11.4. The first kappa shape index (κ1) is 15.9. The van der Waals surface area contributed by atoms with Crippen LogP contribution in [0.3, 0.4) is 0 Å². The van der Waals surface area contributed by atoms with Crippen molar-refractivity contribution in [2.75, 3.05) is 6.54 Å². The fourth-order valence-electron chi connectivity index (χ4n) is 3.22. The Hall–Kier alpha value is -2.94. The Labute approximate surface area is 140 Å². The summed E-state index contributed by atoms with van der Waals surface area (Å²) in [5.74, 6) is -0.00506. The minimum Gasteiger partial charge on any atom is -0.337 e. The van der Waals surface area contributed by atoms with E-state index in [1.807, 2.05) is 32.0 Å². The van der Waals surface area contributed by atoms with E-state index in [4.69, 9.17) is 5.41 Å². The summed E-state index contributed by atoms with van der Waals surface area (Å²) in [5, 5.41) is 22.6. The summed E-state index contributed by atoms with van der Waals surface area (Å²) in [4.78, 5) is 13.4. The van der Waals surface area contributed by atoms with Crippen LogP contribution in [0.1, 0.15) is 34.9 Å². The number of benzene rings is 1. The number of rotatable bonds is 1. The van der Waals surface area contributed by atoms with E-state index in [-0.39, 0.29) is 11.4 Å². The number of carbonyl (C=O) groups excluding carboxylic acids is 1. The van der Waals surface area contributed by atoms with Gasteiger partial charge < -0.3 is 4.90 Å². The molecule has 0 fully saturated rings. The highest BCUT2D eigenvalue weighted by Crippen LogP contribution is 2.21. The average Bonchev–Trinajstić information content (AvgIpc) is 2.54.